The van der Waals surface area contributed by atoms with Crippen molar-refractivity contribution in [3.05, 3.63) is 72.8 Å². The predicted octanol–water partition coefficient (Wildman–Crippen LogP) is 3.05. The number of phenolic OH excluding ortho intramolecular Hbond substituents is 6. The summed E-state index contributed by atoms with van der Waals surface area (Å²) < 4.78 is 16.4. The molecule has 148 valence electrons. The maximum atomic E-state index is 8.67. The van der Waals surface area contributed by atoms with Gasteiger partial charge in [-0.05, 0) is 36.4 Å². The van der Waals surface area contributed by atoms with Crippen LogP contribution in [0.1, 0.15) is 0 Å². The van der Waals surface area contributed by atoms with Crippen LogP contribution in [-0.2, 0) is 42.1 Å². The molecule has 0 bridgehead atoms. The Bertz CT molecular complexity index is 633. The Kier molecular flexibility index (Phi) is 17.3. The van der Waals surface area contributed by atoms with Crippen LogP contribution in [0.5, 0.6) is 34.5 Å². The minimum atomic E-state index is -0.0764. The van der Waals surface area contributed by atoms with E-state index < -0.39 is 0 Å². The van der Waals surface area contributed by atoms with Crippen molar-refractivity contribution < 1.29 is 72.7 Å². The molecule has 6 N–H and O–H groups in total. The Hall–Kier alpha value is -2.77. The number of rotatable bonds is 0. The molecular weight excluding hydrogens is 446 g/mol. The summed E-state index contributed by atoms with van der Waals surface area (Å²) in [5, 5.41) is 52.0. The molecule has 0 aromatic heterocycles. The first kappa shape index (κ1) is 27.4. The zero-order chi connectivity index (χ0) is 21.9. The monoisotopic (exact) mass is 464 g/mol. The molecule has 0 saturated carbocycles. The van der Waals surface area contributed by atoms with Crippen LogP contribution in [-0.4, -0.2) is 30.6 Å². The molecular formula is C18H18O8V2. The summed E-state index contributed by atoms with van der Waals surface area (Å²) in [4.78, 5) is 0. The minimum absolute atomic E-state index is 0.0764. The number of phenols is 6. The van der Waals surface area contributed by atoms with Gasteiger partial charge in [0.25, 0.3) is 0 Å². The third-order valence-corrected chi connectivity index (χ3v) is 2.65. The van der Waals surface area contributed by atoms with E-state index in [2.05, 4.69) is 0 Å². The average Bonchev–Trinajstić information content (AvgIpc) is 2.73. The molecule has 0 aliphatic carbocycles. The van der Waals surface area contributed by atoms with Crippen LogP contribution in [0.4, 0.5) is 0 Å². The van der Waals surface area contributed by atoms with E-state index in [-0.39, 0.29) is 34.5 Å². The van der Waals surface area contributed by atoms with Gasteiger partial charge >= 0.3 is 42.1 Å². The molecule has 0 heterocycles. The van der Waals surface area contributed by atoms with Crippen molar-refractivity contribution in [2.75, 3.05) is 0 Å². The van der Waals surface area contributed by atoms with Gasteiger partial charge in [0.15, 0.2) is 34.5 Å². The summed E-state index contributed by atoms with van der Waals surface area (Å²) in [5.74, 6) is -0.458. The van der Waals surface area contributed by atoms with Crippen LogP contribution in [0.3, 0.4) is 0 Å². The van der Waals surface area contributed by atoms with E-state index in [0.717, 1.165) is 34.7 Å². The first-order chi connectivity index (χ1) is 13.4. The van der Waals surface area contributed by atoms with Crippen LogP contribution in [0, 0.1) is 0 Å². The SMILES string of the molecule is Oc1ccccc1O.Oc1ccccc1O.Oc1ccccc1O.[O]=[V].[O]=[V]. The van der Waals surface area contributed by atoms with E-state index in [9.17, 15) is 0 Å². The van der Waals surface area contributed by atoms with Crippen molar-refractivity contribution in [3.8, 4) is 34.5 Å². The van der Waals surface area contributed by atoms with Gasteiger partial charge in [0.2, 0.25) is 0 Å². The molecule has 3 aromatic rings. The van der Waals surface area contributed by atoms with Gasteiger partial charge < -0.3 is 30.6 Å². The Labute approximate surface area is 179 Å². The van der Waals surface area contributed by atoms with Gasteiger partial charge in [0.1, 0.15) is 0 Å². The molecule has 3 aromatic carbocycles. The van der Waals surface area contributed by atoms with E-state index in [4.69, 9.17) is 38.0 Å². The van der Waals surface area contributed by atoms with Crippen LogP contribution in [0.15, 0.2) is 72.8 Å². The van der Waals surface area contributed by atoms with Crippen molar-refractivity contribution in [2.45, 2.75) is 0 Å². The second kappa shape index (κ2) is 17.6. The van der Waals surface area contributed by atoms with E-state index >= 15 is 0 Å². The summed E-state index contributed by atoms with van der Waals surface area (Å²) >= 11 is 2.12. The summed E-state index contributed by atoms with van der Waals surface area (Å²) in [6.45, 7) is 0. The third kappa shape index (κ3) is 12.6. The summed E-state index contributed by atoms with van der Waals surface area (Å²) in [6.07, 6.45) is 0. The van der Waals surface area contributed by atoms with Gasteiger partial charge in [-0.3, -0.25) is 0 Å². The molecule has 3 rings (SSSR count). The summed E-state index contributed by atoms with van der Waals surface area (Å²) in [6, 6.07) is 18.4. The first-order valence-electron chi connectivity index (χ1n) is 7.19. The van der Waals surface area contributed by atoms with Gasteiger partial charge in [0.05, 0.1) is 0 Å². The maximum absolute atomic E-state index is 8.67. The van der Waals surface area contributed by atoms with Crippen LogP contribution < -0.4 is 0 Å². The normalized spacial score (nSPS) is 7.93. The fourth-order valence-electron chi connectivity index (χ4n) is 1.39. The van der Waals surface area contributed by atoms with Crippen LogP contribution in [0.25, 0.3) is 0 Å². The molecule has 8 nitrogen and oxygen atoms in total. The third-order valence-electron chi connectivity index (χ3n) is 2.65. The standard InChI is InChI=1S/3C6H6O2.2O.2V/c3*7-5-3-1-2-4-6(5)8;;;;/h3*1-4,7-8H;;;;. The zero-order valence-electron chi connectivity index (χ0n) is 14.3. The van der Waals surface area contributed by atoms with E-state index in [1.54, 1.807) is 36.4 Å². The first-order valence-corrected chi connectivity index (χ1v) is 8.33. The molecule has 28 heavy (non-hydrogen) atoms. The van der Waals surface area contributed by atoms with Gasteiger partial charge in [0, 0.05) is 0 Å². The van der Waals surface area contributed by atoms with Gasteiger partial charge in [-0.1, -0.05) is 36.4 Å². The second-order valence-corrected chi connectivity index (χ2v) is 4.47. The Morgan fingerprint density at radius 1 is 0.357 bits per heavy atom. The number of hydrogen-bond acceptors (Lipinski definition) is 8. The zero-order valence-corrected chi connectivity index (χ0v) is 17.1. The number of hydrogen-bond donors (Lipinski definition) is 6. The number of benzene rings is 3. The van der Waals surface area contributed by atoms with E-state index in [1.165, 1.54) is 36.4 Å². The van der Waals surface area contributed by atoms with Gasteiger partial charge in [-0.25, -0.2) is 0 Å². The number of aromatic hydroxyl groups is 6. The Balaban J connectivity index is 0. The summed E-state index contributed by atoms with van der Waals surface area (Å²) in [5.41, 5.74) is 0. The molecule has 0 aliphatic rings. The second-order valence-electron chi connectivity index (χ2n) is 4.47. The van der Waals surface area contributed by atoms with Crippen molar-refractivity contribution >= 4 is 0 Å². The summed E-state index contributed by atoms with van der Waals surface area (Å²) in [7, 11) is 0. The van der Waals surface area contributed by atoms with Crippen molar-refractivity contribution in [2.24, 2.45) is 0 Å². The molecule has 0 unspecified atom stereocenters. The van der Waals surface area contributed by atoms with E-state index in [0.29, 0.717) is 0 Å². The van der Waals surface area contributed by atoms with E-state index in [1.807, 2.05) is 0 Å². The molecule has 0 amide bonds. The molecule has 0 fully saturated rings. The Morgan fingerprint density at radius 2 is 0.464 bits per heavy atom. The molecule has 0 saturated heterocycles. The fraction of sp³-hybridized carbons (Fsp3) is 0. The van der Waals surface area contributed by atoms with Crippen molar-refractivity contribution in [1.29, 1.82) is 0 Å². The topological polar surface area (TPSA) is 156 Å². The van der Waals surface area contributed by atoms with Crippen molar-refractivity contribution in [3.63, 3.8) is 0 Å². The average molecular weight is 464 g/mol. The number of para-hydroxylation sites is 6. The predicted molar refractivity (Wildman–Crippen MR) is 90.7 cm³/mol. The van der Waals surface area contributed by atoms with Gasteiger partial charge in [-0.2, -0.15) is 0 Å². The molecule has 10 heteroatoms. The molecule has 0 radical (unpaired) electrons. The van der Waals surface area contributed by atoms with Crippen LogP contribution >= 0.6 is 0 Å². The van der Waals surface area contributed by atoms with Gasteiger partial charge in [-0.15, -0.1) is 0 Å². The molecule has 0 aliphatic heterocycles. The quantitative estimate of drug-likeness (QED) is 0.278. The fourth-order valence-corrected chi connectivity index (χ4v) is 1.39. The Morgan fingerprint density at radius 3 is 0.536 bits per heavy atom. The van der Waals surface area contributed by atoms with Crippen LogP contribution in [0.2, 0.25) is 0 Å². The molecule has 0 atom stereocenters. The molecule has 0 spiro atoms. The van der Waals surface area contributed by atoms with Crippen molar-refractivity contribution in [1.82, 2.24) is 0 Å².